The molecule has 132 valence electrons. The summed E-state index contributed by atoms with van der Waals surface area (Å²) in [7, 11) is 1.57. The number of nitrogens with one attached hydrogen (secondary N) is 2. The Labute approximate surface area is 143 Å². The first-order chi connectivity index (χ1) is 11.5. The Morgan fingerprint density at radius 2 is 1.92 bits per heavy atom. The van der Waals surface area contributed by atoms with Crippen LogP contribution in [-0.4, -0.2) is 43.1 Å². The molecular weight excluding hydrogens is 306 g/mol. The lowest BCUT2D eigenvalue weighted by molar-refractivity contribution is -0.133. The average molecular weight is 333 g/mol. The molecule has 3 amide bonds. The van der Waals surface area contributed by atoms with Crippen molar-refractivity contribution < 1.29 is 14.3 Å². The minimum absolute atomic E-state index is 0.0859. The van der Waals surface area contributed by atoms with E-state index in [1.54, 1.807) is 19.2 Å². The average Bonchev–Trinajstić information content (AvgIpc) is 2.55. The van der Waals surface area contributed by atoms with Crippen molar-refractivity contribution in [3.8, 4) is 5.75 Å². The smallest absolute Gasteiger partial charge is 0.319 e. The summed E-state index contributed by atoms with van der Waals surface area (Å²) in [6, 6.07) is 7.14. The molecule has 0 aromatic heterocycles. The lowest BCUT2D eigenvalue weighted by Gasteiger charge is -2.32. The van der Waals surface area contributed by atoms with Crippen LogP contribution in [0.1, 0.15) is 33.1 Å². The van der Waals surface area contributed by atoms with Gasteiger partial charge in [0.15, 0.2) is 0 Å². The number of ether oxygens (including phenoxy) is 1. The van der Waals surface area contributed by atoms with Gasteiger partial charge in [0.25, 0.3) is 0 Å². The van der Waals surface area contributed by atoms with Crippen molar-refractivity contribution in [1.29, 1.82) is 0 Å². The number of carbonyl (C=O) groups is 2. The Kier molecular flexibility index (Phi) is 6.46. The molecule has 0 aliphatic carbocycles. The number of likely N-dealkylation sites (tertiary alicyclic amines) is 1. The molecule has 0 bridgehead atoms. The van der Waals surface area contributed by atoms with Gasteiger partial charge >= 0.3 is 6.03 Å². The van der Waals surface area contributed by atoms with E-state index < -0.39 is 0 Å². The number of nitrogens with zero attached hydrogens (tertiary/aromatic N) is 1. The van der Waals surface area contributed by atoms with E-state index in [1.807, 2.05) is 30.9 Å². The Morgan fingerprint density at radius 1 is 1.25 bits per heavy atom. The number of methoxy groups -OCH3 is 1. The van der Waals surface area contributed by atoms with E-state index >= 15 is 0 Å². The zero-order valence-corrected chi connectivity index (χ0v) is 14.7. The van der Waals surface area contributed by atoms with Crippen LogP contribution in [0, 0.1) is 5.92 Å². The molecule has 1 aliphatic heterocycles. The number of para-hydroxylation sites is 2. The quantitative estimate of drug-likeness (QED) is 0.870. The molecule has 1 fully saturated rings. The molecule has 24 heavy (non-hydrogen) atoms. The summed E-state index contributed by atoms with van der Waals surface area (Å²) in [5.74, 6) is 1.21. The molecule has 1 saturated heterocycles. The number of amides is 3. The minimum atomic E-state index is -0.244. The van der Waals surface area contributed by atoms with E-state index in [9.17, 15) is 9.59 Å². The van der Waals surface area contributed by atoms with E-state index in [0.29, 0.717) is 36.9 Å². The lowest BCUT2D eigenvalue weighted by atomic mass is 10.0. The second-order valence-corrected chi connectivity index (χ2v) is 6.55. The first kappa shape index (κ1) is 18.1. The van der Waals surface area contributed by atoms with Crippen LogP contribution in [0.2, 0.25) is 0 Å². The SMILES string of the molecule is COc1ccccc1NC(=O)NC1CCN(C(=O)CC(C)C)CC1. The number of hydrogen-bond donors (Lipinski definition) is 2. The molecule has 1 aromatic rings. The van der Waals surface area contributed by atoms with E-state index in [0.717, 1.165) is 12.8 Å². The van der Waals surface area contributed by atoms with Crippen LogP contribution in [0.25, 0.3) is 0 Å². The molecule has 2 N–H and O–H groups in total. The number of urea groups is 1. The summed E-state index contributed by atoms with van der Waals surface area (Å²) in [5, 5.41) is 5.79. The molecule has 0 radical (unpaired) electrons. The van der Waals surface area contributed by atoms with Crippen molar-refractivity contribution in [2.75, 3.05) is 25.5 Å². The molecular formula is C18H27N3O3. The van der Waals surface area contributed by atoms with Gasteiger partial charge in [-0.05, 0) is 30.9 Å². The topological polar surface area (TPSA) is 70.7 Å². The first-order valence-corrected chi connectivity index (χ1v) is 8.48. The molecule has 1 heterocycles. The van der Waals surface area contributed by atoms with Crippen LogP contribution in [0.3, 0.4) is 0 Å². The van der Waals surface area contributed by atoms with E-state index in [-0.39, 0.29) is 18.0 Å². The number of anilines is 1. The van der Waals surface area contributed by atoms with Gasteiger partial charge < -0.3 is 20.3 Å². The van der Waals surface area contributed by atoms with Crippen molar-refractivity contribution in [1.82, 2.24) is 10.2 Å². The molecule has 0 saturated carbocycles. The van der Waals surface area contributed by atoms with Gasteiger partial charge in [-0.3, -0.25) is 4.79 Å². The maximum absolute atomic E-state index is 12.2. The van der Waals surface area contributed by atoms with Crippen molar-refractivity contribution in [2.24, 2.45) is 5.92 Å². The van der Waals surface area contributed by atoms with Gasteiger partial charge in [-0.25, -0.2) is 4.79 Å². The van der Waals surface area contributed by atoms with Gasteiger partial charge in [-0.15, -0.1) is 0 Å². The Bertz CT molecular complexity index is 566. The van der Waals surface area contributed by atoms with Crippen LogP contribution >= 0.6 is 0 Å². The van der Waals surface area contributed by atoms with Crippen molar-refractivity contribution in [3.63, 3.8) is 0 Å². The number of rotatable bonds is 5. The van der Waals surface area contributed by atoms with Crippen molar-refractivity contribution in [3.05, 3.63) is 24.3 Å². The third kappa shape index (κ3) is 5.15. The fourth-order valence-corrected chi connectivity index (χ4v) is 2.84. The molecule has 0 spiro atoms. The first-order valence-electron chi connectivity index (χ1n) is 8.48. The van der Waals surface area contributed by atoms with Gasteiger partial charge in [0, 0.05) is 25.6 Å². The maximum Gasteiger partial charge on any atom is 0.319 e. The number of carbonyl (C=O) groups excluding carboxylic acids is 2. The standard InChI is InChI=1S/C18H27N3O3/c1-13(2)12-17(22)21-10-8-14(9-11-21)19-18(23)20-15-6-4-5-7-16(15)24-3/h4-7,13-14H,8-12H2,1-3H3,(H2,19,20,23). The van der Waals surface area contributed by atoms with Crippen LogP contribution in [0.4, 0.5) is 10.5 Å². The molecule has 6 heteroatoms. The fourth-order valence-electron chi connectivity index (χ4n) is 2.84. The Hall–Kier alpha value is -2.24. The van der Waals surface area contributed by atoms with Gasteiger partial charge in [0.2, 0.25) is 5.91 Å². The molecule has 2 rings (SSSR count). The zero-order valence-electron chi connectivity index (χ0n) is 14.7. The third-order valence-corrected chi connectivity index (χ3v) is 4.12. The van der Waals surface area contributed by atoms with Gasteiger partial charge in [-0.1, -0.05) is 26.0 Å². The summed E-state index contributed by atoms with van der Waals surface area (Å²) in [6.07, 6.45) is 2.15. The second kappa shape index (κ2) is 8.57. The number of hydrogen-bond acceptors (Lipinski definition) is 3. The monoisotopic (exact) mass is 333 g/mol. The Balaban J connectivity index is 1.79. The largest absolute Gasteiger partial charge is 0.495 e. The highest BCUT2D eigenvalue weighted by Gasteiger charge is 2.24. The predicted octanol–water partition coefficient (Wildman–Crippen LogP) is 2.85. The maximum atomic E-state index is 12.2. The second-order valence-electron chi connectivity index (χ2n) is 6.55. The van der Waals surface area contributed by atoms with E-state index in [1.165, 1.54) is 0 Å². The van der Waals surface area contributed by atoms with Crippen LogP contribution in [-0.2, 0) is 4.79 Å². The van der Waals surface area contributed by atoms with E-state index in [2.05, 4.69) is 10.6 Å². The van der Waals surface area contributed by atoms with Gasteiger partial charge in [-0.2, -0.15) is 0 Å². The molecule has 0 atom stereocenters. The van der Waals surface area contributed by atoms with Gasteiger partial charge in [0.05, 0.1) is 12.8 Å². The summed E-state index contributed by atoms with van der Waals surface area (Å²) < 4.78 is 5.22. The molecule has 0 unspecified atom stereocenters. The lowest BCUT2D eigenvalue weighted by Crippen LogP contribution is -2.47. The summed E-state index contributed by atoms with van der Waals surface area (Å²) in [4.78, 5) is 26.1. The van der Waals surface area contributed by atoms with E-state index in [4.69, 9.17) is 4.74 Å². The molecule has 1 aliphatic rings. The summed E-state index contributed by atoms with van der Waals surface area (Å²) in [6.45, 7) is 5.50. The van der Waals surface area contributed by atoms with Crippen LogP contribution in [0.5, 0.6) is 5.75 Å². The molecule has 1 aromatic carbocycles. The van der Waals surface area contributed by atoms with Crippen LogP contribution in [0.15, 0.2) is 24.3 Å². The molecule has 6 nitrogen and oxygen atoms in total. The fraction of sp³-hybridized carbons (Fsp3) is 0.556. The summed E-state index contributed by atoms with van der Waals surface area (Å²) >= 11 is 0. The number of benzene rings is 1. The minimum Gasteiger partial charge on any atom is -0.495 e. The van der Waals surface area contributed by atoms with Crippen molar-refractivity contribution in [2.45, 2.75) is 39.2 Å². The van der Waals surface area contributed by atoms with Crippen molar-refractivity contribution >= 4 is 17.6 Å². The normalized spacial score (nSPS) is 15.2. The highest BCUT2D eigenvalue weighted by molar-refractivity contribution is 5.91. The third-order valence-electron chi connectivity index (χ3n) is 4.12. The summed E-state index contributed by atoms with van der Waals surface area (Å²) in [5.41, 5.74) is 0.641. The number of piperidine rings is 1. The van der Waals surface area contributed by atoms with Crippen LogP contribution < -0.4 is 15.4 Å². The zero-order chi connectivity index (χ0) is 17.5. The predicted molar refractivity (Wildman–Crippen MR) is 94.2 cm³/mol. The Morgan fingerprint density at radius 3 is 2.54 bits per heavy atom. The highest BCUT2D eigenvalue weighted by Crippen LogP contribution is 2.23. The highest BCUT2D eigenvalue weighted by atomic mass is 16.5. The van der Waals surface area contributed by atoms with Gasteiger partial charge in [0.1, 0.15) is 5.75 Å².